The van der Waals surface area contributed by atoms with E-state index in [9.17, 15) is 0 Å². The molecule has 1 heterocycles. The molecule has 0 aromatic heterocycles. The normalized spacial score (nSPS) is 20.4. The topological polar surface area (TPSA) is 15.3 Å². The number of fused-ring (bicyclic) bond motifs is 1. The highest BCUT2D eigenvalue weighted by molar-refractivity contribution is 5.94. The molecule has 2 nitrogen and oxygen atoms in total. The van der Waals surface area contributed by atoms with E-state index in [2.05, 4.69) is 66.5 Å². The van der Waals surface area contributed by atoms with Crippen LogP contribution in [0.2, 0.25) is 0 Å². The molecule has 2 aromatic rings. The van der Waals surface area contributed by atoms with Gasteiger partial charge in [0, 0.05) is 30.2 Å². The van der Waals surface area contributed by atoms with Gasteiger partial charge in [0.25, 0.3) is 0 Å². The van der Waals surface area contributed by atoms with Crippen molar-refractivity contribution in [1.82, 2.24) is 5.32 Å². The van der Waals surface area contributed by atoms with Crippen LogP contribution in [0.15, 0.2) is 42.5 Å². The molecule has 0 saturated carbocycles. The molecular formula is C18H24N2. The van der Waals surface area contributed by atoms with E-state index in [0.29, 0.717) is 12.0 Å². The minimum absolute atomic E-state index is 0.580. The van der Waals surface area contributed by atoms with Crippen molar-refractivity contribution in [1.29, 1.82) is 0 Å². The molecular weight excluding hydrogens is 244 g/mol. The van der Waals surface area contributed by atoms with Gasteiger partial charge in [-0.25, -0.2) is 0 Å². The van der Waals surface area contributed by atoms with E-state index in [0.717, 1.165) is 19.6 Å². The molecule has 0 bridgehead atoms. The number of rotatable bonds is 2. The Labute approximate surface area is 121 Å². The van der Waals surface area contributed by atoms with Gasteiger partial charge in [-0.2, -0.15) is 0 Å². The predicted molar refractivity (Wildman–Crippen MR) is 87.4 cm³/mol. The van der Waals surface area contributed by atoms with E-state index in [1.165, 1.54) is 22.9 Å². The van der Waals surface area contributed by atoms with Crippen molar-refractivity contribution >= 4 is 16.5 Å². The molecule has 1 N–H and O–H groups in total. The zero-order valence-corrected chi connectivity index (χ0v) is 12.5. The predicted octanol–water partition coefficient (Wildman–Crippen LogP) is 3.66. The number of nitrogens with one attached hydrogen (secondary N) is 1. The van der Waals surface area contributed by atoms with Crippen molar-refractivity contribution in [3.8, 4) is 0 Å². The average Bonchev–Trinajstić information content (AvgIpc) is 2.72. The van der Waals surface area contributed by atoms with Gasteiger partial charge in [0.05, 0.1) is 0 Å². The molecule has 2 aromatic carbocycles. The molecule has 0 spiro atoms. The number of hydrogen-bond acceptors (Lipinski definition) is 2. The SMILES string of the molecule is CC(C)C1CN(c2cccc3ccccc23)CCCN1. The summed E-state index contributed by atoms with van der Waals surface area (Å²) < 4.78 is 0. The van der Waals surface area contributed by atoms with Gasteiger partial charge in [-0.3, -0.25) is 0 Å². The lowest BCUT2D eigenvalue weighted by Crippen LogP contribution is -2.41. The average molecular weight is 268 g/mol. The van der Waals surface area contributed by atoms with Crippen LogP contribution in [-0.2, 0) is 0 Å². The molecule has 1 fully saturated rings. The first-order valence-electron chi connectivity index (χ1n) is 7.72. The molecule has 1 saturated heterocycles. The zero-order valence-electron chi connectivity index (χ0n) is 12.5. The Bertz CT molecular complexity index is 571. The summed E-state index contributed by atoms with van der Waals surface area (Å²) in [6.07, 6.45) is 1.21. The second-order valence-electron chi connectivity index (χ2n) is 6.10. The van der Waals surface area contributed by atoms with E-state index >= 15 is 0 Å². The maximum atomic E-state index is 3.69. The largest absolute Gasteiger partial charge is 0.369 e. The molecule has 0 radical (unpaired) electrons. The van der Waals surface area contributed by atoms with Crippen molar-refractivity contribution in [2.45, 2.75) is 26.3 Å². The Hall–Kier alpha value is -1.54. The molecule has 1 aliphatic rings. The van der Waals surface area contributed by atoms with Crippen LogP contribution in [0.4, 0.5) is 5.69 Å². The second-order valence-corrected chi connectivity index (χ2v) is 6.10. The minimum Gasteiger partial charge on any atom is -0.369 e. The zero-order chi connectivity index (χ0) is 13.9. The Balaban J connectivity index is 1.96. The Morgan fingerprint density at radius 2 is 1.90 bits per heavy atom. The lowest BCUT2D eigenvalue weighted by molar-refractivity contribution is 0.420. The third kappa shape index (κ3) is 2.66. The van der Waals surface area contributed by atoms with Gasteiger partial charge in [-0.1, -0.05) is 50.2 Å². The van der Waals surface area contributed by atoms with E-state index in [1.54, 1.807) is 0 Å². The highest BCUT2D eigenvalue weighted by Crippen LogP contribution is 2.28. The fourth-order valence-electron chi connectivity index (χ4n) is 3.10. The number of nitrogens with zero attached hydrogens (tertiary/aromatic N) is 1. The summed E-state index contributed by atoms with van der Waals surface area (Å²) in [5.41, 5.74) is 1.39. The van der Waals surface area contributed by atoms with Gasteiger partial charge in [-0.15, -0.1) is 0 Å². The fraction of sp³-hybridized carbons (Fsp3) is 0.444. The highest BCUT2D eigenvalue weighted by Gasteiger charge is 2.21. The van der Waals surface area contributed by atoms with Gasteiger partial charge in [0.2, 0.25) is 0 Å². The van der Waals surface area contributed by atoms with Crippen LogP contribution < -0.4 is 10.2 Å². The Morgan fingerprint density at radius 3 is 2.75 bits per heavy atom. The summed E-state index contributed by atoms with van der Waals surface area (Å²) in [7, 11) is 0. The lowest BCUT2D eigenvalue weighted by atomic mass is 10.0. The van der Waals surface area contributed by atoms with Gasteiger partial charge in [0.1, 0.15) is 0 Å². The van der Waals surface area contributed by atoms with Crippen LogP contribution in [0.5, 0.6) is 0 Å². The van der Waals surface area contributed by atoms with Crippen molar-refractivity contribution in [2.24, 2.45) is 5.92 Å². The van der Waals surface area contributed by atoms with E-state index in [4.69, 9.17) is 0 Å². The van der Waals surface area contributed by atoms with Gasteiger partial charge in [-0.05, 0) is 30.3 Å². The van der Waals surface area contributed by atoms with Crippen molar-refractivity contribution < 1.29 is 0 Å². The van der Waals surface area contributed by atoms with E-state index in [1.807, 2.05) is 0 Å². The smallest absolute Gasteiger partial charge is 0.0446 e. The molecule has 1 atom stereocenters. The Kier molecular flexibility index (Phi) is 3.93. The monoisotopic (exact) mass is 268 g/mol. The van der Waals surface area contributed by atoms with E-state index in [-0.39, 0.29) is 0 Å². The quantitative estimate of drug-likeness (QED) is 0.894. The van der Waals surface area contributed by atoms with Gasteiger partial charge in [0.15, 0.2) is 0 Å². The van der Waals surface area contributed by atoms with Crippen molar-refractivity contribution in [3.05, 3.63) is 42.5 Å². The lowest BCUT2D eigenvalue weighted by Gasteiger charge is -2.29. The molecule has 20 heavy (non-hydrogen) atoms. The van der Waals surface area contributed by atoms with Crippen LogP contribution in [0, 0.1) is 5.92 Å². The molecule has 1 unspecified atom stereocenters. The van der Waals surface area contributed by atoms with Crippen molar-refractivity contribution in [3.63, 3.8) is 0 Å². The summed E-state index contributed by atoms with van der Waals surface area (Å²) in [5.74, 6) is 0.672. The Morgan fingerprint density at radius 1 is 1.10 bits per heavy atom. The van der Waals surface area contributed by atoms with Crippen LogP contribution in [0.1, 0.15) is 20.3 Å². The first-order chi connectivity index (χ1) is 9.75. The second kappa shape index (κ2) is 5.84. The summed E-state index contributed by atoms with van der Waals surface area (Å²) in [4.78, 5) is 2.56. The highest BCUT2D eigenvalue weighted by atomic mass is 15.2. The molecule has 0 aliphatic carbocycles. The van der Waals surface area contributed by atoms with Gasteiger partial charge >= 0.3 is 0 Å². The molecule has 2 heteroatoms. The summed E-state index contributed by atoms with van der Waals surface area (Å²) >= 11 is 0. The standard InChI is InChI=1S/C18H24N2/c1-14(2)17-13-20(12-6-11-19-17)18-10-5-8-15-7-3-4-9-16(15)18/h3-5,7-10,14,17,19H,6,11-13H2,1-2H3. The van der Waals surface area contributed by atoms with Gasteiger partial charge < -0.3 is 10.2 Å². The molecule has 1 aliphatic heterocycles. The minimum atomic E-state index is 0.580. The molecule has 3 rings (SSSR count). The van der Waals surface area contributed by atoms with E-state index < -0.39 is 0 Å². The molecule has 0 amide bonds. The molecule has 106 valence electrons. The first-order valence-corrected chi connectivity index (χ1v) is 7.72. The number of benzene rings is 2. The maximum absolute atomic E-state index is 3.69. The maximum Gasteiger partial charge on any atom is 0.0446 e. The fourth-order valence-corrected chi connectivity index (χ4v) is 3.10. The summed E-state index contributed by atoms with van der Waals surface area (Å²) in [5, 5.41) is 6.40. The third-order valence-corrected chi connectivity index (χ3v) is 4.34. The first kappa shape index (κ1) is 13.4. The number of hydrogen-bond donors (Lipinski definition) is 1. The summed E-state index contributed by atoms with van der Waals surface area (Å²) in [6.45, 7) is 7.99. The van der Waals surface area contributed by atoms with Crippen LogP contribution >= 0.6 is 0 Å². The van der Waals surface area contributed by atoms with Crippen LogP contribution in [-0.4, -0.2) is 25.7 Å². The van der Waals surface area contributed by atoms with Crippen LogP contribution in [0.3, 0.4) is 0 Å². The van der Waals surface area contributed by atoms with Crippen LogP contribution in [0.25, 0.3) is 10.8 Å². The summed E-state index contributed by atoms with van der Waals surface area (Å²) in [6, 6.07) is 15.9. The third-order valence-electron chi connectivity index (χ3n) is 4.34. The van der Waals surface area contributed by atoms with Crippen molar-refractivity contribution in [2.75, 3.05) is 24.5 Å². The number of anilines is 1.